The number of aliphatic carboxylic acids is 1. The number of carbonyl (C=O) groups excluding carboxylic acids is 1. The number of ether oxygens (including phenoxy) is 3. The molecule has 0 radical (unpaired) electrons. The van der Waals surface area contributed by atoms with Crippen molar-refractivity contribution >= 4 is 11.9 Å². The van der Waals surface area contributed by atoms with Crippen molar-refractivity contribution in [1.82, 2.24) is 5.32 Å². The number of rotatable bonds is 9. The standard InChI is InChI=1S/C19H26N2O9/c1-9(2)20-7-12-5-4-11(8-28-10(3)22)6-13(12)29-19-14(21-27)15(23)16(24)17(30-19)18(25)26/h4-6,9,14-17,19-20,23-24H,7-8H2,1-3H3,(H,25,26). The van der Waals surface area contributed by atoms with Gasteiger partial charge in [0.2, 0.25) is 6.29 Å². The van der Waals surface area contributed by atoms with E-state index >= 15 is 0 Å². The van der Waals surface area contributed by atoms with E-state index in [1.165, 1.54) is 6.92 Å². The summed E-state index contributed by atoms with van der Waals surface area (Å²) in [7, 11) is 0. The summed E-state index contributed by atoms with van der Waals surface area (Å²) < 4.78 is 15.9. The maximum atomic E-state index is 11.3. The molecule has 2 rings (SSSR count). The molecule has 0 saturated carbocycles. The average molecular weight is 426 g/mol. The van der Waals surface area contributed by atoms with Crippen LogP contribution in [-0.2, 0) is 32.2 Å². The lowest BCUT2D eigenvalue weighted by molar-refractivity contribution is -0.236. The van der Waals surface area contributed by atoms with E-state index in [0.29, 0.717) is 17.7 Å². The van der Waals surface area contributed by atoms with Crippen molar-refractivity contribution < 1.29 is 39.1 Å². The van der Waals surface area contributed by atoms with Crippen LogP contribution in [0.2, 0.25) is 0 Å². The summed E-state index contributed by atoms with van der Waals surface area (Å²) in [6.45, 7) is 5.51. The van der Waals surface area contributed by atoms with Crippen molar-refractivity contribution in [3.63, 3.8) is 0 Å². The van der Waals surface area contributed by atoms with E-state index in [1.54, 1.807) is 18.2 Å². The van der Waals surface area contributed by atoms with E-state index in [2.05, 4.69) is 10.5 Å². The van der Waals surface area contributed by atoms with Gasteiger partial charge in [0.25, 0.3) is 0 Å². The third kappa shape index (κ3) is 5.95. The second-order valence-electron chi connectivity index (χ2n) is 7.22. The number of aliphatic hydroxyl groups excluding tert-OH is 2. The number of carboxylic acids is 1. The minimum atomic E-state index is -1.84. The minimum Gasteiger partial charge on any atom is -0.479 e. The van der Waals surface area contributed by atoms with Gasteiger partial charge in [-0.15, -0.1) is 0 Å². The summed E-state index contributed by atoms with van der Waals surface area (Å²) in [6, 6.07) is 3.60. The van der Waals surface area contributed by atoms with Crippen LogP contribution >= 0.6 is 0 Å². The summed E-state index contributed by atoms with van der Waals surface area (Å²) >= 11 is 0. The molecule has 0 aromatic heterocycles. The largest absolute Gasteiger partial charge is 0.479 e. The molecule has 0 spiro atoms. The van der Waals surface area contributed by atoms with E-state index in [-0.39, 0.29) is 18.4 Å². The van der Waals surface area contributed by atoms with Gasteiger partial charge in [-0.1, -0.05) is 31.2 Å². The van der Waals surface area contributed by atoms with Gasteiger partial charge in [0.15, 0.2) is 12.1 Å². The third-order valence-electron chi connectivity index (χ3n) is 4.45. The highest BCUT2D eigenvalue weighted by atomic mass is 16.7. The van der Waals surface area contributed by atoms with Gasteiger partial charge in [-0.3, -0.25) is 4.79 Å². The van der Waals surface area contributed by atoms with E-state index in [4.69, 9.17) is 14.2 Å². The normalized spacial score (nSPS) is 26.3. The molecule has 1 heterocycles. The number of nitrogens with zero attached hydrogens (tertiary/aromatic N) is 1. The Bertz CT molecular complexity index is 770. The summed E-state index contributed by atoms with van der Waals surface area (Å²) in [5.41, 5.74) is 1.23. The lowest BCUT2D eigenvalue weighted by Crippen LogP contribution is -2.60. The molecule has 166 valence electrons. The highest BCUT2D eigenvalue weighted by molar-refractivity contribution is 5.73. The maximum Gasteiger partial charge on any atom is 0.335 e. The van der Waals surface area contributed by atoms with Crippen molar-refractivity contribution in [2.24, 2.45) is 5.18 Å². The van der Waals surface area contributed by atoms with Gasteiger partial charge < -0.3 is 34.8 Å². The Morgan fingerprint density at radius 3 is 2.53 bits per heavy atom. The van der Waals surface area contributed by atoms with Crippen molar-refractivity contribution in [3.8, 4) is 5.75 Å². The highest BCUT2D eigenvalue weighted by Gasteiger charge is 2.50. The average Bonchev–Trinajstić information content (AvgIpc) is 2.68. The molecule has 1 aromatic rings. The number of hydrogen-bond donors (Lipinski definition) is 4. The van der Waals surface area contributed by atoms with Gasteiger partial charge in [-0.25, -0.2) is 4.79 Å². The monoisotopic (exact) mass is 426 g/mol. The van der Waals surface area contributed by atoms with Gasteiger partial charge in [0.05, 0.1) is 0 Å². The van der Waals surface area contributed by atoms with Crippen LogP contribution in [0.25, 0.3) is 0 Å². The smallest absolute Gasteiger partial charge is 0.335 e. The molecular formula is C19H26N2O9. The molecule has 11 nitrogen and oxygen atoms in total. The Balaban J connectivity index is 2.32. The zero-order valence-corrected chi connectivity index (χ0v) is 16.8. The van der Waals surface area contributed by atoms with Crippen molar-refractivity contribution in [3.05, 3.63) is 34.2 Å². The molecule has 4 N–H and O–H groups in total. The van der Waals surface area contributed by atoms with E-state index in [0.717, 1.165) is 0 Å². The number of nitroso groups, excluding NO2 is 1. The summed E-state index contributed by atoms with van der Waals surface area (Å²) in [6.07, 6.45) is -6.99. The quantitative estimate of drug-likeness (QED) is 0.319. The molecule has 30 heavy (non-hydrogen) atoms. The first-order chi connectivity index (χ1) is 14.1. The van der Waals surface area contributed by atoms with Crippen molar-refractivity contribution in [1.29, 1.82) is 0 Å². The van der Waals surface area contributed by atoms with Gasteiger partial charge in [0, 0.05) is 25.1 Å². The summed E-state index contributed by atoms with van der Waals surface area (Å²) in [5, 5.41) is 35.2. The molecule has 5 atom stereocenters. The molecule has 11 heteroatoms. The van der Waals surface area contributed by atoms with Crippen LogP contribution in [0.3, 0.4) is 0 Å². The lowest BCUT2D eigenvalue weighted by Gasteiger charge is -2.38. The number of nitrogens with one attached hydrogen (secondary N) is 1. The number of benzene rings is 1. The number of aliphatic hydroxyl groups is 2. The second-order valence-corrected chi connectivity index (χ2v) is 7.22. The predicted octanol–water partition coefficient (Wildman–Crippen LogP) is 0.293. The van der Waals surface area contributed by atoms with Crippen molar-refractivity contribution in [2.45, 2.75) is 70.6 Å². The van der Waals surface area contributed by atoms with Crippen LogP contribution in [0.1, 0.15) is 31.9 Å². The van der Waals surface area contributed by atoms with E-state index in [1.807, 2.05) is 13.8 Å². The van der Waals surface area contributed by atoms with Crippen LogP contribution in [0.4, 0.5) is 0 Å². The number of hydrogen-bond acceptors (Lipinski definition) is 10. The topological polar surface area (TPSA) is 164 Å². The second kappa shape index (κ2) is 10.4. The predicted molar refractivity (Wildman–Crippen MR) is 102 cm³/mol. The van der Waals surface area contributed by atoms with Gasteiger partial charge in [0.1, 0.15) is 24.6 Å². The summed E-state index contributed by atoms with van der Waals surface area (Å²) in [4.78, 5) is 33.6. The Morgan fingerprint density at radius 1 is 1.27 bits per heavy atom. The number of esters is 1. The highest BCUT2D eigenvalue weighted by Crippen LogP contribution is 2.29. The lowest BCUT2D eigenvalue weighted by atomic mass is 9.97. The molecule has 1 aromatic carbocycles. The number of carbonyl (C=O) groups is 2. The van der Waals surface area contributed by atoms with E-state index in [9.17, 15) is 29.8 Å². The molecule has 0 bridgehead atoms. The Labute approximate surface area is 172 Å². The zero-order valence-electron chi connectivity index (χ0n) is 16.8. The Hall–Kier alpha value is -2.60. The fourth-order valence-electron chi connectivity index (χ4n) is 2.83. The Kier molecular flexibility index (Phi) is 8.24. The van der Waals surface area contributed by atoms with Gasteiger partial charge in [-0.2, -0.15) is 4.91 Å². The van der Waals surface area contributed by atoms with Gasteiger partial charge >= 0.3 is 11.9 Å². The molecule has 1 aliphatic rings. The molecule has 1 fully saturated rings. The van der Waals surface area contributed by atoms with Crippen LogP contribution in [0, 0.1) is 4.91 Å². The SMILES string of the molecule is CC(=O)OCc1ccc(CNC(C)C)c(OC2OC(C(=O)O)C(O)C(O)C2N=O)c1. The van der Waals surface area contributed by atoms with Crippen LogP contribution < -0.4 is 10.1 Å². The molecule has 1 aliphatic heterocycles. The van der Waals surface area contributed by atoms with Crippen molar-refractivity contribution in [2.75, 3.05) is 0 Å². The van der Waals surface area contributed by atoms with Crippen LogP contribution in [0.15, 0.2) is 23.4 Å². The fourth-order valence-corrected chi connectivity index (χ4v) is 2.83. The molecule has 0 amide bonds. The maximum absolute atomic E-state index is 11.3. The fraction of sp³-hybridized carbons (Fsp3) is 0.579. The van der Waals surface area contributed by atoms with Crippen LogP contribution in [0.5, 0.6) is 5.75 Å². The first-order valence-electron chi connectivity index (χ1n) is 9.36. The molecule has 1 saturated heterocycles. The molecule has 5 unspecified atom stereocenters. The first-order valence-corrected chi connectivity index (χ1v) is 9.36. The van der Waals surface area contributed by atoms with E-state index < -0.39 is 42.6 Å². The zero-order chi connectivity index (χ0) is 22.4. The molecular weight excluding hydrogens is 400 g/mol. The van der Waals surface area contributed by atoms with Gasteiger partial charge in [-0.05, 0) is 11.6 Å². The summed E-state index contributed by atoms with van der Waals surface area (Å²) in [5.74, 6) is -1.77. The Morgan fingerprint density at radius 2 is 1.97 bits per heavy atom. The number of carboxylic acid groups (broad SMARTS) is 1. The first kappa shape index (κ1) is 23.7. The molecule has 0 aliphatic carbocycles. The third-order valence-corrected chi connectivity index (χ3v) is 4.45. The van der Waals surface area contributed by atoms with Crippen LogP contribution in [-0.4, -0.2) is 63.9 Å². The minimum absolute atomic E-state index is 0.0243.